The van der Waals surface area contributed by atoms with Gasteiger partial charge in [0.1, 0.15) is 0 Å². The Morgan fingerprint density at radius 3 is 2.30 bits per heavy atom. The molecule has 5 nitrogen and oxygen atoms in total. The normalized spacial score (nSPS) is 10.1. The molecule has 0 aliphatic carbocycles. The summed E-state index contributed by atoms with van der Waals surface area (Å²) in [6.45, 7) is 0.471. The molecule has 3 aromatic rings. The molecule has 0 atom stereocenters. The molecule has 0 unspecified atom stereocenters. The molecule has 0 aliphatic rings. The first-order chi connectivity index (χ1) is 13.1. The quantitative estimate of drug-likeness (QED) is 0.575. The van der Waals surface area contributed by atoms with E-state index in [9.17, 15) is 9.59 Å². The number of carbonyl (C=O) groups excluding carboxylic acids is 2. The van der Waals surface area contributed by atoms with Crippen LogP contribution in [0.4, 0.5) is 5.69 Å². The molecule has 27 heavy (non-hydrogen) atoms. The first kappa shape index (κ1) is 18.8. The monoisotopic (exact) mass is 395 g/mol. The predicted molar refractivity (Wildman–Crippen MR) is 112 cm³/mol. The zero-order valence-corrected chi connectivity index (χ0v) is 15.9. The average molecular weight is 396 g/mol. The molecule has 2 aromatic carbocycles. The lowest BCUT2D eigenvalue weighted by Gasteiger charge is -2.10. The fraction of sp³-hybridized carbons (Fsp3) is 0.0500. The van der Waals surface area contributed by atoms with E-state index in [2.05, 4.69) is 16.0 Å². The summed E-state index contributed by atoms with van der Waals surface area (Å²) in [5.41, 5.74) is 2.27. The summed E-state index contributed by atoms with van der Waals surface area (Å²) >= 11 is 6.49. The molecular weight excluding hydrogens is 378 g/mol. The fourth-order valence-electron chi connectivity index (χ4n) is 2.32. The van der Waals surface area contributed by atoms with Gasteiger partial charge in [0.25, 0.3) is 11.8 Å². The van der Waals surface area contributed by atoms with Crippen molar-refractivity contribution in [2.24, 2.45) is 0 Å². The van der Waals surface area contributed by atoms with E-state index < -0.39 is 0 Å². The van der Waals surface area contributed by atoms with Crippen LogP contribution in [0.5, 0.6) is 0 Å². The van der Waals surface area contributed by atoms with Gasteiger partial charge in [-0.05, 0) is 53.5 Å². The SMILES string of the molecule is O=C(NCc1ccccc1)c1ccc(NC(=S)NC(=O)c2cccs2)cc1. The number of benzene rings is 2. The van der Waals surface area contributed by atoms with Crippen molar-refractivity contribution in [1.82, 2.24) is 10.6 Å². The highest BCUT2D eigenvalue weighted by atomic mass is 32.1. The van der Waals surface area contributed by atoms with E-state index in [0.29, 0.717) is 22.7 Å². The lowest BCUT2D eigenvalue weighted by molar-refractivity contribution is 0.0949. The largest absolute Gasteiger partial charge is 0.348 e. The summed E-state index contributed by atoms with van der Waals surface area (Å²) in [4.78, 5) is 24.8. The van der Waals surface area contributed by atoms with Crippen LogP contribution in [0.15, 0.2) is 72.1 Å². The molecule has 1 heterocycles. The van der Waals surface area contributed by atoms with Crippen LogP contribution in [0.1, 0.15) is 25.6 Å². The van der Waals surface area contributed by atoms with E-state index in [-0.39, 0.29) is 16.9 Å². The summed E-state index contributed by atoms with van der Waals surface area (Å²) in [6, 6.07) is 20.1. The highest BCUT2D eigenvalue weighted by molar-refractivity contribution is 7.80. The smallest absolute Gasteiger partial charge is 0.267 e. The molecule has 2 amide bonds. The molecule has 0 radical (unpaired) electrons. The van der Waals surface area contributed by atoms with Crippen molar-refractivity contribution in [3.63, 3.8) is 0 Å². The van der Waals surface area contributed by atoms with Gasteiger partial charge in [0, 0.05) is 17.8 Å². The maximum absolute atomic E-state index is 12.2. The van der Waals surface area contributed by atoms with Gasteiger partial charge in [0.15, 0.2) is 5.11 Å². The van der Waals surface area contributed by atoms with Crippen molar-refractivity contribution < 1.29 is 9.59 Å². The van der Waals surface area contributed by atoms with Crippen molar-refractivity contribution in [3.05, 3.63) is 88.1 Å². The van der Waals surface area contributed by atoms with Crippen molar-refractivity contribution in [3.8, 4) is 0 Å². The lowest BCUT2D eigenvalue weighted by Crippen LogP contribution is -2.33. The Labute approximate surface area is 166 Å². The van der Waals surface area contributed by atoms with E-state index in [1.54, 1.807) is 36.4 Å². The van der Waals surface area contributed by atoms with Crippen molar-refractivity contribution in [2.45, 2.75) is 6.54 Å². The predicted octanol–water partition coefficient (Wildman–Crippen LogP) is 3.80. The van der Waals surface area contributed by atoms with Gasteiger partial charge in [-0.1, -0.05) is 36.4 Å². The summed E-state index contributed by atoms with van der Waals surface area (Å²) in [6.07, 6.45) is 0. The maximum Gasteiger partial charge on any atom is 0.267 e. The van der Waals surface area contributed by atoms with Gasteiger partial charge >= 0.3 is 0 Å². The topological polar surface area (TPSA) is 70.2 Å². The Morgan fingerprint density at radius 2 is 1.63 bits per heavy atom. The van der Waals surface area contributed by atoms with Crippen LogP contribution >= 0.6 is 23.6 Å². The molecule has 3 N–H and O–H groups in total. The molecule has 136 valence electrons. The van der Waals surface area contributed by atoms with Crippen molar-refractivity contribution in [2.75, 3.05) is 5.32 Å². The van der Waals surface area contributed by atoms with Crippen molar-refractivity contribution >= 4 is 46.2 Å². The molecule has 0 saturated heterocycles. The third-order valence-corrected chi connectivity index (χ3v) is 4.75. The van der Waals surface area contributed by atoms with Crippen LogP contribution in [0, 0.1) is 0 Å². The van der Waals surface area contributed by atoms with E-state index in [4.69, 9.17) is 12.2 Å². The van der Waals surface area contributed by atoms with Gasteiger partial charge < -0.3 is 10.6 Å². The van der Waals surface area contributed by atoms with E-state index in [1.807, 2.05) is 35.7 Å². The minimum atomic E-state index is -0.251. The van der Waals surface area contributed by atoms with Gasteiger partial charge in [-0.25, -0.2) is 0 Å². The molecule has 7 heteroatoms. The number of anilines is 1. The van der Waals surface area contributed by atoms with Gasteiger partial charge in [0.2, 0.25) is 0 Å². The number of hydrogen-bond acceptors (Lipinski definition) is 4. The highest BCUT2D eigenvalue weighted by Gasteiger charge is 2.09. The number of rotatable bonds is 5. The molecule has 3 rings (SSSR count). The Morgan fingerprint density at radius 1 is 0.889 bits per heavy atom. The minimum absolute atomic E-state index is 0.154. The van der Waals surface area contributed by atoms with Gasteiger partial charge in [-0.15, -0.1) is 11.3 Å². The first-order valence-electron chi connectivity index (χ1n) is 8.20. The average Bonchev–Trinajstić information content (AvgIpc) is 3.22. The van der Waals surface area contributed by atoms with Crippen LogP contribution in [0.25, 0.3) is 0 Å². The molecular formula is C20H17N3O2S2. The Hall–Kier alpha value is -3.03. The lowest BCUT2D eigenvalue weighted by atomic mass is 10.2. The Kier molecular flexibility index (Phi) is 6.30. The zero-order chi connectivity index (χ0) is 19.1. The maximum atomic E-state index is 12.2. The molecule has 1 aromatic heterocycles. The van der Waals surface area contributed by atoms with Crippen LogP contribution in [0.3, 0.4) is 0 Å². The van der Waals surface area contributed by atoms with Crippen LogP contribution in [-0.4, -0.2) is 16.9 Å². The van der Waals surface area contributed by atoms with Gasteiger partial charge in [0.05, 0.1) is 4.88 Å². The fourth-order valence-corrected chi connectivity index (χ4v) is 3.15. The van der Waals surface area contributed by atoms with Crippen LogP contribution in [0.2, 0.25) is 0 Å². The van der Waals surface area contributed by atoms with E-state index >= 15 is 0 Å². The second-order valence-corrected chi connectivity index (χ2v) is 6.99. The first-order valence-corrected chi connectivity index (χ1v) is 9.48. The number of hydrogen-bond donors (Lipinski definition) is 3. The number of thiocarbonyl (C=S) groups is 1. The van der Waals surface area contributed by atoms with Crippen LogP contribution in [-0.2, 0) is 6.54 Å². The standard InChI is InChI=1S/C20H17N3O2S2/c24-18(21-13-14-5-2-1-3-6-14)15-8-10-16(11-9-15)22-20(26)23-19(25)17-7-4-12-27-17/h1-12H,13H2,(H,21,24)(H2,22,23,25,26). The summed E-state index contributed by atoms with van der Waals surface area (Å²) in [5, 5.41) is 10.5. The van der Waals surface area contributed by atoms with Crippen molar-refractivity contribution in [1.29, 1.82) is 0 Å². The van der Waals surface area contributed by atoms with E-state index in [1.165, 1.54) is 11.3 Å². The highest BCUT2D eigenvalue weighted by Crippen LogP contribution is 2.11. The number of nitrogens with one attached hydrogen (secondary N) is 3. The third kappa shape index (κ3) is 5.47. The van der Waals surface area contributed by atoms with E-state index in [0.717, 1.165) is 5.56 Å². The molecule has 0 aliphatic heterocycles. The summed E-state index contributed by atoms with van der Waals surface area (Å²) in [5.74, 6) is -0.404. The minimum Gasteiger partial charge on any atom is -0.348 e. The third-order valence-electron chi connectivity index (χ3n) is 3.67. The number of amides is 2. The second kappa shape index (κ2) is 9.07. The Bertz CT molecular complexity index is 924. The number of carbonyl (C=O) groups is 2. The second-order valence-electron chi connectivity index (χ2n) is 5.63. The van der Waals surface area contributed by atoms with Gasteiger partial charge in [-0.3, -0.25) is 14.9 Å². The summed E-state index contributed by atoms with van der Waals surface area (Å²) < 4.78 is 0. The number of thiophene rings is 1. The zero-order valence-electron chi connectivity index (χ0n) is 14.3. The molecule has 0 bridgehead atoms. The molecule has 0 fully saturated rings. The van der Waals surface area contributed by atoms with Gasteiger partial charge in [-0.2, -0.15) is 0 Å². The van der Waals surface area contributed by atoms with Crippen LogP contribution < -0.4 is 16.0 Å². The molecule has 0 spiro atoms. The molecule has 0 saturated carbocycles. The summed E-state index contributed by atoms with van der Waals surface area (Å²) in [7, 11) is 0. The Balaban J connectivity index is 1.51.